The molecule has 0 amide bonds. The summed E-state index contributed by atoms with van der Waals surface area (Å²) in [4.78, 5) is 2.19. The second kappa shape index (κ2) is 9.05. The van der Waals surface area contributed by atoms with E-state index in [1.165, 1.54) is 25.3 Å². The molecule has 1 unspecified atom stereocenters. The fraction of sp³-hybridized carbons (Fsp3) is 0.625. The van der Waals surface area contributed by atoms with E-state index in [-0.39, 0.29) is 5.82 Å². The maximum Gasteiger partial charge on any atom is 0.127 e. The van der Waals surface area contributed by atoms with Gasteiger partial charge in [-0.25, -0.2) is 4.39 Å². The van der Waals surface area contributed by atoms with Crippen LogP contribution in [0.3, 0.4) is 0 Å². The van der Waals surface area contributed by atoms with Gasteiger partial charge in [0, 0.05) is 18.2 Å². The third kappa shape index (κ3) is 6.69. The second-order valence-corrected chi connectivity index (χ2v) is 5.28. The molecule has 1 aromatic rings. The number of hydrogen-bond acceptors (Lipinski definition) is 2. The monoisotopic (exact) mass is 266 g/mol. The maximum absolute atomic E-state index is 13.5. The van der Waals surface area contributed by atoms with Crippen LogP contribution in [0.15, 0.2) is 24.3 Å². The van der Waals surface area contributed by atoms with Crippen LogP contribution in [0.25, 0.3) is 0 Å². The van der Waals surface area contributed by atoms with Crippen molar-refractivity contribution in [1.29, 1.82) is 0 Å². The Morgan fingerprint density at radius 3 is 2.68 bits per heavy atom. The summed E-state index contributed by atoms with van der Waals surface area (Å²) >= 11 is 0. The van der Waals surface area contributed by atoms with Crippen molar-refractivity contribution in [3.8, 4) is 0 Å². The Balaban J connectivity index is 2.18. The molecule has 0 fully saturated rings. The lowest BCUT2D eigenvalue weighted by Gasteiger charge is -2.18. The van der Waals surface area contributed by atoms with E-state index in [2.05, 4.69) is 31.1 Å². The van der Waals surface area contributed by atoms with Crippen LogP contribution in [0, 0.1) is 5.82 Å². The third-order valence-corrected chi connectivity index (χ3v) is 3.38. The predicted molar refractivity (Wildman–Crippen MR) is 79.7 cm³/mol. The van der Waals surface area contributed by atoms with E-state index in [0.29, 0.717) is 12.6 Å². The van der Waals surface area contributed by atoms with Crippen LogP contribution < -0.4 is 5.32 Å². The van der Waals surface area contributed by atoms with E-state index in [4.69, 9.17) is 0 Å². The Kier molecular flexibility index (Phi) is 7.68. The number of nitrogens with one attached hydrogen (secondary N) is 1. The van der Waals surface area contributed by atoms with Crippen molar-refractivity contribution in [3.63, 3.8) is 0 Å². The summed E-state index contributed by atoms with van der Waals surface area (Å²) in [6.07, 6.45) is 3.60. The predicted octanol–water partition coefficient (Wildman–Crippen LogP) is 3.43. The minimum atomic E-state index is -0.102. The molecule has 1 aromatic carbocycles. The zero-order valence-electron chi connectivity index (χ0n) is 12.5. The number of halogens is 1. The molecule has 0 aliphatic carbocycles. The van der Waals surface area contributed by atoms with Gasteiger partial charge in [-0.1, -0.05) is 31.5 Å². The van der Waals surface area contributed by atoms with E-state index in [0.717, 1.165) is 18.7 Å². The van der Waals surface area contributed by atoms with Crippen molar-refractivity contribution in [1.82, 2.24) is 10.2 Å². The molecule has 0 saturated carbocycles. The van der Waals surface area contributed by atoms with Crippen LogP contribution in [0.4, 0.5) is 4.39 Å². The summed E-state index contributed by atoms with van der Waals surface area (Å²) in [6.45, 7) is 7.11. The SMILES string of the molecule is CCNC(C)CCCCN(C)Cc1ccccc1F. The van der Waals surface area contributed by atoms with Crippen molar-refractivity contribution < 1.29 is 4.39 Å². The first-order valence-corrected chi connectivity index (χ1v) is 7.28. The number of rotatable bonds is 9. The molecule has 1 rings (SSSR count). The smallest absolute Gasteiger partial charge is 0.127 e. The highest BCUT2D eigenvalue weighted by atomic mass is 19.1. The fourth-order valence-corrected chi connectivity index (χ4v) is 2.28. The lowest BCUT2D eigenvalue weighted by atomic mass is 10.1. The summed E-state index contributed by atoms with van der Waals surface area (Å²) in [7, 11) is 2.06. The number of nitrogens with zero attached hydrogens (tertiary/aromatic N) is 1. The van der Waals surface area contributed by atoms with Gasteiger partial charge in [0.05, 0.1) is 0 Å². The van der Waals surface area contributed by atoms with Gasteiger partial charge < -0.3 is 10.2 Å². The molecule has 0 aliphatic heterocycles. The molecule has 3 heteroatoms. The molecule has 1 N–H and O–H groups in total. The average Bonchev–Trinajstić information content (AvgIpc) is 2.38. The van der Waals surface area contributed by atoms with Crippen LogP contribution in [0.5, 0.6) is 0 Å². The minimum Gasteiger partial charge on any atom is -0.315 e. The fourth-order valence-electron chi connectivity index (χ4n) is 2.28. The van der Waals surface area contributed by atoms with Gasteiger partial charge in [0.1, 0.15) is 5.82 Å². The Hall–Kier alpha value is -0.930. The normalized spacial score (nSPS) is 12.9. The van der Waals surface area contributed by atoms with Gasteiger partial charge in [-0.05, 0) is 46.0 Å². The van der Waals surface area contributed by atoms with Gasteiger partial charge >= 0.3 is 0 Å². The zero-order chi connectivity index (χ0) is 14.1. The van der Waals surface area contributed by atoms with Gasteiger partial charge in [-0.3, -0.25) is 0 Å². The standard InChI is InChI=1S/C16H27FN2/c1-4-18-14(2)9-7-8-12-19(3)13-15-10-5-6-11-16(15)17/h5-6,10-11,14,18H,4,7-9,12-13H2,1-3H3. The van der Waals surface area contributed by atoms with Crippen LogP contribution in [-0.4, -0.2) is 31.1 Å². The quantitative estimate of drug-likeness (QED) is 0.689. The van der Waals surface area contributed by atoms with Crippen molar-refractivity contribution in [2.24, 2.45) is 0 Å². The average molecular weight is 266 g/mol. The molecule has 1 atom stereocenters. The first-order valence-electron chi connectivity index (χ1n) is 7.28. The highest BCUT2D eigenvalue weighted by Gasteiger charge is 2.05. The molecule has 0 heterocycles. The number of unbranched alkanes of at least 4 members (excludes halogenated alkanes) is 1. The van der Waals surface area contributed by atoms with Gasteiger partial charge in [-0.15, -0.1) is 0 Å². The molecule has 108 valence electrons. The van der Waals surface area contributed by atoms with Gasteiger partial charge in [-0.2, -0.15) is 0 Å². The highest BCUT2D eigenvalue weighted by molar-refractivity contribution is 5.16. The molecule has 0 spiro atoms. The van der Waals surface area contributed by atoms with Gasteiger partial charge in [0.2, 0.25) is 0 Å². The van der Waals surface area contributed by atoms with Crippen LogP contribution in [0.2, 0.25) is 0 Å². The topological polar surface area (TPSA) is 15.3 Å². The van der Waals surface area contributed by atoms with Crippen molar-refractivity contribution in [2.45, 2.75) is 45.7 Å². The Labute approximate surface area is 117 Å². The molecule has 0 radical (unpaired) electrons. The van der Waals surface area contributed by atoms with Gasteiger partial charge in [0.25, 0.3) is 0 Å². The molecule has 0 aliphatic rings. The van der Waals surface area contributed by atoms with Crippen molar-refractivity contribution >= 4 is 0 Å². The van der Waals surface area contributed by atoms with Crippen LogP contribution in [0.1, 0.15) is 38.7 Å². The van der Waals surface area contributed by atoms with Crippen LogP contribution in [-0.2, 0) is 6.54 Å². The summed E-state index contributed by atoms with van der Waals surface area (Å²) in [5.74, 6) is -0.102. The summed E-state index contributed by atoms with van der Waals surface area (Å²) in [5, 5.41) is 3.42. The third-order valence-electron chi connectivity index (χ3n) is 3.38. The van der Waals surface area contributed by atoms with Crippen molar-refractivity contribution in [3.05, 3.63) is 35.6 Å². The second-order valence-electron chi connectivity index (χ2n) is 5.28. The molecule has 0 bridgehead atoms. The largest absolute Gasteiger partial charge is 0.315 e. The van der Waals surface area contributed by atoms with E-state index in [1.807, 2.05) is 12.1 Å². The number of benzene rings is 1. The first-order chi connectivity index (χ1) is 9.13. The zero-order valence-corrected chi connectivity index (χ0v) is 12.5. The molecule has 2 nitrogen and oxygen atoms in total. The lowest BCUT2D eigenvalue weighted by molar-refractivity contribution is 0.309. The lowest BCUT2D eigenvalue weighted by Crippen LogP contribution is -2.26. The number of hydrogen-bond donors (Lipinski definition) is 1. The first kappa shape index (κ1) is 16.1. The minimum absolute atomic E-state index is 0.102. The molecule has 19 heavy (non-hydrogen) atoms. The molecule has 0 aromatic heterocycles. The van der Waals surface area contributed by atoms with Crippen LogP contribution >= 0.6 is 0 Å². The Morgan fingerprint density at radius 1 is 1.26 bits per heavy atom. The summed E-state index contributed by atoms with van der Waals surface area (Å²) in [6, 6.07) is 7.62. The summed E-state index contributed by atoms with van der Waals surface area (Å²) in [5.41, 5.74) is 0.783. The maximum atomic E-state index is 13.5. The Bertz CT molecular complexity index is 354. The van der Waals surface area contributed by atoms with E-state index < -0.39 is 0 Å². The molecule has 0 saturated heterocycles. The summed E-state index contributed by atoms with van der Waals surface area (Å²) < 4.78 is 13.5. The van der Waals surface area contributed by atoms with Crippen molar-refractivity contribution in [2.75, 3.05) is 20.1 Å². The molecular formula is C16H27FN2. The molecular weight excluding hydrogens is 239 g/mol. The van der Waals surface area contributed by atoms with Gasteiger partial charge in [0.15, 0.2) is 0 Å². The van der Waals surface area contributed by atoms with E-state index in [1.54, 1.807) is 6.07 Å². The van der Waals surface area contributed by atoms with E-state index in [9.17, 15) is 4.39 Å². The van der Waals surface area contributed by atoms with E-state index >= 15 is 0 Å². The highest BCUT2D eigenvalue weighted by Crippen LogP contribution is 2.10. The Morgan fingerprint density at radius 2 is 2.00 bits per heavy atom.